The molecule has 6 aromatic rings. The molecule has 0 atom stereocenters. The van der Waals surface area contributed by atoms with Gasteiger partial charge in [-0.1, -0.05) is 54.9 Å². The van der Waals surface area contributed by atoms with Crippen LogP contribution < -0.4 is 25.3 Å². The van der Waals surface area contributed by atoms with Crippen LogP contribution in [0.5, 0.6) is 28.7 Å². The van der Waals surface area contributed by atoms with E-state index in [1.807, 2.05) is 12.1 Å². The van der Waals surface area contributed by atoms with Crippen molar-refractivity contribution in [2.75, 3.05) is 14.2 Å². The molecule has 0 spiro atoms. The smallest absolute Gasteiger partial charge is 0.297 e. The van der Waals surface area contributed by atoms with Crippen molar-refractivity contribution in [2.24, 2.45) is 0 Å². The predicted octanol–water partition coefficient (Wildman–Crippen LogP) is 10.5. The zero-order chi connectivity index (χ0) is 45.1. The molecular weight excluding hydrogens is 923 g/mol. The molecule has 0 aliphatic carbocycles. The second kappa shape index (κ2) is 21.9. The molecular formula is C43H37BrCl2F4N6O6. The monoisotopic (exact) mass is 958 g/mol. The van der Waals surface area contributed by atoms with Crippen LogP contribution in [0.1, 0.15) is 54.9 Å². The number of halogens is 7. The van der Waals surface area contributed by atoms with Crippen LogP contribution in [0.2, 0.25) is 10.0 Å². The summed E-state index contributed by atoms with van der Waals surface area (Å²) in [5.74, 6) is -5.89. The van der Waals surface area contributed by atoms with Crippen molar-refractivity contribution >= 4 is 39.1 Å². The fourth-order valence-corrected chi connectivity index (χ4v) is 6.30. The van der Waals surface area contributed by atoms with Crippen LogP contribution in [0.3, 0.4) is 0 Å². The molecule has 0 bridgehead atoms. The highest BCUT2D eigenvalue weighted by Crippen LogP contribution is 2.34. The van der Waals surface area contributed by atoms with E-state index in [4.69, 9.17) is 53.0 Å². The average Bonchev–Trinajstić information content (AvgIpc) is 3.20. The summed E-state index contributed by atoms with van der Waals surface area (Å²) in [5, 5.41) is 26.9. The number of hydrogen-bond donors (Lipinski definition) is 1. The van der Waals surface area contributed by atoms with Crippen molar-refractivity contribution in [3.63, 3.8) is 0 Å². The summed E-state index contributed by atoms with van der Waals surface area (Å²) in [5.41, 5.74) is -0.614. The molecule has 0 amide bonds. The van der Waals surface area contributed by atoms with Gasteiger partial charge in [0.2, 0.25) is 5.75 Å². The molecule has 324 valence electrons. The Morgan fingerprint density at radius 1 is 0.694 bits per heavy atom. The maximum atomic E-state index is 14.1. The number of hydrogen-bond acceptors (Lipinski definition) is 10. The molecule has 1 N–H and O–H groups in total. The molecule has 0 saturated heterocycles. The Balaban J connectivity index is 0.000000277. The summed E-state index contributed by atoms with van der Waals surface area (Å²) in [6, 6.07) is 26.0. The Bertz CT molecular complexity index is 2670. The minimum atomic E-state index is -3.43. The second-order valence-corrected chi connectivity index (χ2v) is 14.5. The molecule has 19 heteroatoms. The minimum Gasteiger partial charge on any atom is -0.508 e. The fourth-order valence-electron chi connectivity index (χ4n) is 5.17. The molecule has 0 radical (unpaired) electrons. The first-order valence-electron chi connectivity index (χ1n) is 17.4. The van der Waals surface area contributed by atoms with Crippen molar-refractivity contribution in [3.05, 3.63) is 166 Å². The number of phenols is 1. The van der Waals surface area contributed by atoms with E-state index in [1.54, 1.807) is 55.6 Å². The lowest BCUT2D eigenvalue weighted by Crippen LogP contribution is -2.27. The number of nitrogens with zero attached hydrogens (tertiary/aromatic N) is 6. The molecule has 0 fully saturated rings. The average molecular weight is 961 g/mol. The van der Waals surface area contributed by atoms with E-state index in [-0.39, 0.29) is 47.1 Å². The fraction of sp³-hybridized carbons (Fsp3) is 0.209. The predicted molar refractivity (Wildman–Crippen MR) is 229 cm³/mol. The Labute approximate surface area is 371 Å². The van der Waals surface area contributed by atoms with E-state index < -0.39 is 40.1 Å². The number of methoxy groups -OCH3 is 2. The quantitative estimate of drug-likeness (QED) is 0.131. The van der Waals surface area contributed by atoms with E-state index in [1.165, 1.54) is 48.1 Å². The van der Waals surface area contributed by atoms with E-state index in [2.05, 4.69) is 25.9 Å². The van der Waals surface area contributed by atoms with Crippen LogP contribution in [-0.2, 0) is 24.9 Å². The van der Waals surface area contributed by atoms with Crippen LogP contribution in [0.4, 0.5) is 17.6 Å². The molecule has 4 aromatic carbocycles. The van der Waals surface area contributed by atoms with E-state index in [9.17, 15) is 27.2 Å². The summed E-state index contributed by atoms with van der Waals surface area (Å²) in [6.07, 6.45) is 2.18. The number of nitriles is 2. The molecule has 2 heterocycles. The van der Waals surface area contributed by atoms with Crippen LogP contribution in [0.25, 0.3) is 0 Å². The van der Waals surface area contributed by atoms with Crippen LogP contribution in [0.15, 0.2) is 112 Å². The Hall–Kier alpha value is -6.40. The summed E-state index contributed by atoms with van der Waals surface area (Å²) in [7, 11) is 3.09. The maximum absolute atomic E-state index is 14.1. The summed E-state index contributed by atoms with van der Waals surface area (Å²) in [4.78, 5) is 32.5. The number of rotatable bonds is 10. The van der Waals surface area contributed by atoms with Gasteiger partial charge < -0.3 is 19.3 Å². The van der Waals surface area contributed by atoms with Crippen LogP contribution in [0, 0.1) is 22.7 Å². The first-order valence-corrected chi connectivity index (χ1v) is 19.0. The van der Waals surface area contributed by atoms with Gasteiger partial charge in [0.25, 0.3) is 23.0 Å². The van der Waals surface area contributed by atoms with Gasteiger partial charge >= 0.3 is 0 Å². The van der Waals surface area contributed by atoms with Gasteiger partial charge in [0.15, 0.2) is 5.69 Å². The minimum absolute atomic E-state index is 0. The van der Waals surface area contributed by atoms with Crippen LogP contribution in [-0.4, -0.2) is 38.4 Å². The van der Waals surface area contributed by atoms with Gasteiger partial charge in [0.05, 0.1) is 63.2 Å². The molecule has 2 aromatic heterocycles. The van der Waals surface area contributed by atoms with Crippen molar-refractivity contribution in [3.8, 4) is 40.9 Å². The third-order valence-electron chi connectivity index (χ3n) is 8.07. The number of ether oxygens (including phenoxy) is 3. The summed E-state index contributed by atoms with van der Waals surface area (Å²) < 4.78 is 72.5. The largest absolute Gasteiger partial charge is 0.508 e. The van der Waals surface area contributed by atoms with E-state index in [0.29, 0.717) is 35.9 Å². The van der Waals surface area contributed by atoms with Gasteiger partial charge in [-0.15, -0.1) is 0 Å². The summed E-state index contributed by atoms with van der Waals surface area (Å²) in [6.45, 7) is 1.65. The number of aromatic nitrogens is 4. The lowest BCUT2D eigenvalue weighted by molar-refractivity contribution is 0.00981. The van der Waals surface area contributed by atoms with Gasteiger partial charge in [-0.25, -0.2) is 9.97 Å². The number of benzene rings is 4. The molecule has 62 heavy (non-hydrogen) atoms. The number of phenolic OH excluding ortho intramolecular Hbond substituents is 1. The van der Waals surface area contributed by atoms with Crippen molar-refractivity contribution in [2.45, 2.75) is 46.2 Å². The second-order valence-electron chi connectivity index (χ2n) is 12.9. The SMILES string of the molecule is C.COc1ccc(Cn2cnc(C(C)(F)F)c(Br)c2=O)cc1.COc1ccc(Cn2cnc(C(C)(F)F)c(Oc3cc(Cl)cc(C#N)c3)c2=O)cc1.N#Cc1cc(O)cc(Cl)c1. The van der Waals surface area contributed by atoms with Crippen molar-refractivity contribution in [1.29, 1.82) is 10.5 Å². The topological polar surface area (TPSA) is 165 Å². The lowest BCUT2D eigenvalue weighted by Gasteiger charge is -2.17. The Morgan fingerprint density at radius 2 is 1.13 bits per heavy atom. The Morgan fingerprint density at radius 3 is 1.56 bits per heavy atom. The van der Waals surface area contributed by atoms with Gasteiger partial charge in [0, 0.05) is 23.9 Å². The van der Waals surface area contributed by atoms with Gasteiger partial charge in [0.1, 0.15) is 33.2 Å². The van der Waals surface area contributed by atoms with Gasteiger partial charge in [-0.2, -0.15) is 28.1 Å². The Kier molecular flexibility index (Phi) is 17.7. The van der Waals surface area contributed by atoms with Crippen molar-refractivity contribution < 1.29 is 36.9 Å². The van der Waals surface area contributed by atoms with Gasteiger partial charge in [-0.05, 0) is 87.7 Å². The third kappa shape index (κ3) is 13.8. The lowest BCUT2D eigenvalue weighted by atomic mass is 10.2. The normalized spacial score (nSPS) is 10.7. The third-order valence-corrected chi connectivity index (χ3v) is 9.22. The molecule has 0 aliphatic heterocycles. The highest BCUT2D eigenvalue weighted by Gasteiger charge is 2.34. The molecule has 0 aliphatic rings. The molecule has 12 nitrogen and oxygen atoms in total. The zero-order valence-corrected chi connectivity index (χ0v) is 35.6. The zero-order valence-electron chi connectivity index (χ0n) is 32.5. The number of aromatic hydroxyl groups is 1. The van der Waals surface area contributed by atoms with E-state index >= 15 is 0 Å². The van der Waals surface area contributed by atoms with E-state index in [0.717, 1.165) is 28.3 Å². The first kappa shape index (κ1) is 50.0. The highest BCUT2D eigenvalue weighted by atomic mass is 79.9. The maximum Gasteiger partial charge on any atom is 0.297 e. The molecule has 0 saturated carbocycles. The van der Waals surface area contributed by atoms with Crippen molar-refractivity contribution in [1.82, 2.24) is 19.1 Å². The molecule has 0 unspecified atom stereocenters. The molecule has 6 rings (SSSR count). The summed E-state index contributed by atoms with van der Waals surface area (Å²) >= 11 is 14.4. The number of alkyl halides is 4. The highest BCUT2D eigenvalue weighted by molar-refractivity contribution is 9.10. The van der Waals surface area contributed by atoms with Gasteiger partial charge in [-0.3, -0.25) is 18.7 Å². The first-order chi connectivity index (χ1) is 28.8. The standard InChI is InChI=1S/C21H16ClF2N3O3.C14H13BrF2N2O2.C7H4ClNO.CH4/c1-21(23,24)19-18(30-17-8-14(10-25)7-15(22)9-17)20(28)27(12-26-19)11-13-3-5-16(29-2)6-4-13;1-14(16,17)12-11(15)13(20)19(8-18-12)7-9-3-5-10(21-2)6-4-9;8-6-1-5(4-9)2-7(10)3-6;/h3-9,12H,11H2,1-2H3;3-6,8H,7H2,1-2H3;1-3,10H;1H4. The van der Waals surface area contributed by atoms with Crippen LogP contribution >= 0.6 is 39.1 Å².